The van der Waals surface area contributed by atoms with Crippen molar-refractivity contribution in [1.82, 2.24) is 14.6 Å². The van der Waals surface area contributed by atoms with E-state index in [4.69, 9.17) is 9.47 Å². The number of nitrogens with zero attached hydrogens (tertiary/aromatic N) is 2. The quantitative estimate of drug-likeness (QED) is 0.658. The molecule has 0 bridgehead atoms. The molecule has 0 unspecified atom stereocenters. The molecule has 1 aromatic heterocycles. The van der Waals surface area contributed by atoms with Gasteiger partial charge in [-0.15, -0.1) is 11.3 Å². The number of nitrogens with one attached hydrogen (secondary N) is 2. The van der Waals surface area contributed by atoms with E-state index in [2.05, 4.69) is 19.9 Å². The number of amides is 1. The second-order valence-corrected chi connectivity index (χ2v) is 9.84. The van der Waals surface area contributed by atoms with E-state index in [1.54, 1.807) is 0 Å². The van der Waals surface area contributed by atoms with Crippen LogP contribution in [0.1, 0.15) is 29.9 Å². The van der Waals surface area contributed by atoms with Crippen LogP contribution in [0.15, 0.2) is 28.5 Å². The van der Waals surface area contributed by atoms with Gasteiger partial charge in [0.25, 0.3) is 5.91 Å². The zero-order valence-corrected chi connectivity index (χ0v) is 19.0. The van der Waals surface area contributed by atoms with E-state index in [0.717, 1.165) is 18.8 Å². The number of morpholine rings is 1. The maximum absolute atomic E-state index is 12.6. The van der Waals surface area contributed by atoms with Crippen molar-refractivity contribution in [2.75, 3.05) is 32.6 Å². The lowest BCUT2D eigenvalue weighted by atomic mass is 10.2. The highest BCUT2D eigenvalue weighted by Gasteiger charge is 2.23. The van der Waals surface area contributed by atoms with Gasteiger partial charge in [0.15, 0.2) is 5.13 Å². The zero-order chi connectivity index (χ0) is 21.9. The maximum atomic E-state index is 12.6. The number of sulfonamides is 1. The van der Waals surface area contributed by atoms with Crippen LogP contribution in [0.25, 0.3) is 0 Å². The molecule has 2 aromatic rings. The van der Waals surface area contributed by atoms with E-state index in [-0.39, 0.29) is 28.4 Å². The summed E-state index contributed by atoms with van der Waals surface area (Å²) in [7, 11) is -1.10. The second-order valence-electron chi connectivity index (χ2n) is 7.12. The third-order valence-electron chi connectivity index (χ3n) is 4.64. The molecular formula is C19H26N4O5S2. The van der Waals surface area contributed by atoms with Crippen LogP contribution < -0.4 is 14.8 Å². The van der Waals surface area contributed by atoms with Crippen molar-refractivity contribution in [2.45, 2.75) is 37.5 Å². The van der Waals surface area contributed by atoms with Crippen molar-refractivity contribution >= 4 is 32.4 Å². The predicted octanol–water partition coefficient (Wildman–Crippen LogP) is 1.92. The smallest absolute Gasteiger partial charge is 0.257 e. The Morgan fingerprint density at radius 3 is 2.67 bits per heavy atom. The fourth-order valence-electron chi connectivity index (χ4n) is 3.39. The zero-order valence-electron chi connectivity index (χ0n) is 17.3. The number of hydrogen-bond acceptors (Lipinski definition) is 8. The van der Waals surface area contributed by atoms with Crippen LogP contribution in [0.4, 0.5) is 5.13 Å². The first-order valence-corrected chi connectivity index (χ1v) is 11.8. The Bertz CT molecular complexity index is 998. The highest BCUT2D eigenvalue weighted by atomic mass is 32.2. The molecular weight excluding hydrogens is 428 g/mol. The highest BCUT2D eigenvalue weighted by molar-refractivity contribution is 7.89. The van der Waals surface area contributed by atoms with E-state index in [1.807, 2.05) is 19.2 Å². The Hall–Kier alpha value is -2.05. The molecule has 3 rings (SSSR count). The van der Waals surface area contributed by atoms with E-state index in [0.29, 0.717) is 11.7 Å². The van der Waals surface area contributed by atoms with Crippen molar-refractivity contribution in [3.63, 3.8) is 0 Å². The van der Waals surface area contributed by atoms with Gasteiger partial charge < -0.3 is 9.47 Å². The largest absolute Gasteiger partial charge is 0.495 e. The molecule has 1 amide bonds. The van der Waals surface area contributed by atoms with Gasteiger partial charge in [-0.25, -0.2) is 18.1 Å². The monoisotopic (exact) mass is 454 g/mol. The maximum Gasteiger partial charge on any atom is 0.257 e. The molecule has 1 aliphatic heterocycles. The van der Waals surface area contributed by atoms with Crippen molar-refractivity contribution in [1.29, 1.82) is 0 Å². The fourth-order valence-corrected chi connectivity index (χ4v) is 5.00. The third-order valence-corrected chi connectivity index (χ3v) is 6.88. The molecule has 11 heteroatoms. The third kappa shape index (κ3) is 5.35. The Morgan fingerprint density at radius 2 is 2.03 bits per heavy atom. The molecule has 164 valence electrons. The standard InChI is InChI=1S/C19H26N4O5S2/c1-12-8-23(9-13(2)28-12)10-15-11-29-19(21-15)22-18(24)14-5-6-16(27-4)17(7-14)30(25,26)20-3/h5-7,11-13,20H,8-10H2,1-4H3,(H,21,22,24)/t12-,13+. The number of ether oxygens (including phenoxy) is 2. The normalized spacial score (nSPS) is 20.1. The molecule has 1 fully saturated rings. The van der Waals surface area contributed by atoms with Crippen molar-refractivity contribution in [3.05, 3.63) is 34.8 Å². The van der Waals surface area contributed by atoms with Crippen LogP contribution in [-0.2, 0) is 21.3 Å². The summed E-state index contributed by atoms with van der Waals surface area (Å²) in [5, 5.41) is 5.10. The summed E-state index contributed by atoms with van der Waals surface area (Å²) in [5.74, 6) is -0.286. The number of benzene rings is 1. The fraction of sp³-hybridized carbons (Fsp3) is 0.474. The number of carbonyl (C=O) groups excluding carboxylic acids is 1. The van der Waals surface area contributed by atoms with Gasteiger partial charge in [-0.2, -0.15) is 0 Å². The molecule has 2 atom stereocenters. The number of aromatic nitrogens is 1. The summed E-state index contributed by atoms with van der Waals surface area (Å²) in [4.78, 5) is 19.3. The summed E-state index contributed by atoms with van der Waals surface area (Å²) >= 11 is 1.33. The van der Waals surface area contributed by atoms with Gasteiger partial charge in [0.2, 0.25) is 10.0 Å². The minimum Gasteiger partial charge on any atom is -0.495 e. The van der Waals surface area contributed by atoms with Gasteiger partial charge in [0, 0.05) is 30.6 Å². The SMILES string of the molecule is CNS(=O)(=O)c1cc(C(=O)Nc2nc(CN3C[C@@H](C)O[C@@H](C)C3)cs2)ccc1OC. The predicted molar refractivity (Wildman–Crippen MR) is 115 cm³/mol. The topological polar surface area (TPSA) is 110 Å². The Kier molecular flexibility index (Phi) is 7.09. The minimum atomic E-state index is -3.77. The number of rotatable bonds is 7. The number of methoxy groups -OCH3 is 1. The summed E-state index contributed by atoms with van der Waals surface area (Å²) < 4.78 is 37.5. The number of anilines is 1. The van der Waals surface area contributed by atoms with E-state index < -0.39 is 15.9 Å². The van der Waals surface area contributed by atoms with Crippen LogP contribution in [0.3, 0.4) is 0 Å². The lowest BCUT2D eigenvalue weighted by Gasteiger charge is -2.34. The number of thiazole rings is 1. The summed E-state index contributed by atoms with van der Waals surface area (Å²) in [6.45, 7) is 6.44. The highest BCUT2D eigenvalue weighted by Crippen LogP contribution is 2.26. The molecule has 0 spiro atoms. The molecule has 1 saturated heterocycles. The van der Waals surface area contributed by atoms with Gasteiger partial charge in [-0.05, 0) is 39.1 Å². The summed E-state index contributed by atoms with van der Waals surface area (Å²) in [5.41, 5.74) is 1.06. The van der Waals surface area contributed by atoms with Crippen LogP contribution in [0.2, 0.25) is 0 Å². The Morgan fingerprint density at radius 1 is 1.33 bits per heavy atom. The first-order valence-electron chi connectivity index (χ1n) is 9.47. The van der Waals surface area contributed by atoms with Gasteiger partial charge in [0.05, 0.1) is 25.0 Å². The van der Waals surface area contributed by atoms with Crippen molar-refractivity contribution in [2.24, 2.45) is 0 Å². The molecule has 30 heavy (non-hydrogen) atoms. The van der Waals surface area contributed by atoms with Gasteiger partial charge in [-0.3, -0.25) is 15.0 Å². The van der Waals surface area contributed by atoms with Crippen molar-refractivity contribution in [3.8, 4) is 5.75 Å². The Labute approximate surface area is 180 Å². The average Bonchev–Trinajstić information content (AvgIpc) is 3.13. The Balaban J connectivity index is 1.70. The molecule has 1 aliphatic rings. The van der Waals surface area contributed by atoms with Crippen LogP contribution >= 0.6 is 11.3 Å². The lowest BCUT2D eigenvalue weighted by molar-refractivity contribution is -0.0707. The summed E-state index contributed by atoms with van der Waals surface area (Å²) in [6, 6.07) is 4.24. The van der Waals surface area contributed by atoms with Gasteiger partial charge in [-0.1, -0.05) is 0 Å². The van der Waals surface area contributed by atoms with E-state index in [9.17, 15) is 13.2 Å². The molecule has 9 nitrogen and oxygen atoms in total. The molecule has 0 aliphatic carbocycles. The first-order chi connectivity index (χ1) is 14.2. The molecule has 2 heterocycles. The molecule has 1 aromatic carbocycles. The van der Waals surface area contributed by atoms with Crippen molar-refractivity contribution < 1.29 is 22.7 Å². The van der Waals surface area contributed by atoms with E-state index in [1.165, 1.54) is 43.7 Å². The van der Waals surface area contributed by atoms with Crippen LogP contribution in [0, 0.1) is 0 Å². The number of carbonyl (C=O) groups is 1. The first kappa shape index (κ1) is 22.6. The second kappa shape index (κ2) is 9.40. The van der Waals surface area contributed by atoms with Crippen LogP contribution in [0.5, 0.6) is 5.75 Å². The van der Waals surface area contributed by atoms with Crippen LogP contribution in [-0.4, -0.2) is 63.7 Å². The number of hydrogen-bond donors (Lipinski definition) is 2. The average molecular weight is 455 g/mol. The molecule has 0 saturated carbocycles. The lowest BCUT2D eigenvalue weighted by Crippen LogP contribution is -2.44. The summed E-state index contributed by atoms with van der Waals surface area (Å²) in [6.07, 6.45) is 0.342. The van der Waals surface area contributed by atoms with Gasteiger partial charge in [0.1, 0.15) is 10.6 Å². The molecule has 2 N–H and O–H groups in total. The van der Waals surface area contributed by atoms with Gasteiger partial charge >= 0.3 is 0 Å². The molecule has 0 radical (unpaired) electrons. The van der Waals surface area contributed by atoms with E-state index >= 15 is 0 Å². The minimum absolute atomic E-state index is 0.101.